The predicted molar refractivity (Wildman–Crippen MR) is 83.7 cm³/mol. The van der Waals surface area contributed by atoms with Crippen LogP contribution in [0.25, 0.3) is 0 Å². The molecular formula is C14H21F3N6O. The standard InChI is InChI=1S/C14H21F3N6O/c1-2-18-13(23-8-4-10(24)9-23)21-7-6-20-12-19-5-3-11(22-12)14(15,16)17/h3,5,10,24H,2,4,6-9H2,1H3,(H,18,21)(H,19,20,22)/t10-/m1/s1. The van der Waals surface area contributed by atoms with E-state index in [1.165, 1.54) is 0 Å². The van der Waals surface area contributed by atoms with Crippen molar-refractivity contribution in [3.05, 3.63) is 18.0 Å². The van der Waals surface area contributed by atoms with Crippen LogP contribution >= 0.6 is 0 Å². The third-order valence-corrected chi connectivity index (χ3v) is 3.40. The minimum Gasteiger partial charge on any atom is -0.391 e. The van der Waals surface area contributed by atoms with E-state index in [0.717, 1.165) is 18.8 Å². The van der Waals surface area contributed by atoms with Crippen LogP contribution in [0.2, 0.25) is 0 Å². The lowest BCUT2D eigenvalue weighted by molar-refractivity contribution is -0.141. The maximum atomic E-state index is 12.6. The molecule has 1 aliphatic rings. The molecule has 134 valence electrons. The maximum Gasteiger partial charge on any atom is 0.433 e. The van der Waals surface area contributed by atoms with Crippen molar-refractivity contribution >= 4 is 11.9 Å². The van der Waals surface area contributed by atoms with Gasteiger partial charge in [0.15, 0.2) is 5.96 Å². The van der Waals surface area contributed by atoms with Crippen LogP contribution in [-0.4, -0.2) is 64.8 Å². The SMILES string of the molecule is CCNC(=NCCNc1nccc(C(F)(F)F)n1)N1CC[C@@H](O)C1. The normalized spacial score (nSPS) is 18.8. The smallest absolute Gasteiger partial charge is 0.391 e. The second-order valence-electron chi connectivity index (χ2n) is 5.31. The van der Waals surface area contributed by atoms with Crippen LogP contribution in [0.15, 0.2) is 17.3 Å². The van der Waals surface area contributed by atoms with E-state index >= 15 is 0 Å². The third-order valence-electron chi connectivity index (χ3n) is 3.40. The maximum absolute atomic E-state index is 12.6. The lowest BCUT2D eigenvalue weighted by Crippen LogP contribution is -2.40. The number of anilines is 1. The van der Waals surface area contributed by atoms with Gasteiger partial charge < -0.3 is 20.6 Å². The van der Waals surface area contributed by atoms with Gasteiger partial charge in [-0.25, -0.2) is 9.97 Å². The largest absolute Gasteiger partial charge is 0.433 e. The topological polar surface area (TPSA) is 85.7 Å². The first-order valence-corrected chi connectivity index (χ1v) is 7.75. The van der Waals surface area contributed by atoms with Crippen molar-refractivity contribution < 1.29 is 18.3 Å². The van der Waals surface area contributed by atoms with Gasteiger partial charge in [-0.3, -0.25) is 4.99 Å². The summed E-state index contributed by atoms with van der Waals surface area (Å²) in [4.78, 5) is 13.5. The number of aliphatic imine (C=N–C) groups is 1. The minimum atomic E-state index is -4.49. The fraction of sp³-hybridized carbons (Fsp3) is 0.643. The van der Waals surface area contributed by atoms with Crippen molar-refractivity contribution in [2.24, 2.45) is 4.99 Å². The number of halogens is 3. The Morgan fingerprint density at radius 3 is 2.92 bits per heavy atom. The lowest BCUT2D eigenvalue weighted by Gasteiger charge is -2.20. The Labute approximate surface area is 138 Å². The lowest BCUT2D eigenvalue weighted by atomic mass is 10.3. The van der Waals surface area contributed by atoms with Crippen molar-refractivity contribution in [3.63, 3.8) is 0 Å². The summed E-state index contributed by atoms with van der Waals surface area (Å²) >= 11 is 0. The van der Waals surface area contributed by atoms with Crippen molar-refractivity contribution in [2.75, 3.05) is 38.0 Å². The Morgan fingerprint density at radius 2 is 2.29 bits per heavy atom. The Kier molecular flexibility index (Phi) is 6.18. The van der Waals surface area contributed by atoms with Crippen LogP contribution in [0.1, 0.15) is 19.0 Å². The monoisotopic (exact) mass is 346 g/mol. The first-order valence-electron chi connectivity index (χ1n) is 7.75. The highest BCUT2D eigenvalue weighted by atomic mass is 19.4. The molecular weight excluding hydrogens is 325 g/mol. The summed E-state index contributed by atoms with van der Waals surface area (Å²) in [6, 6.07) is 0.825. The third kappa shape index (κ3) is 5.22. The Bertz CT molecular complexity index is 566. The molecule has 7 nitrogen and oxygen atoms in total. The Morgan fingerprint density at radius 1 is 1.50 bits per heavy atom. The van der Waals surface area contributed by atoms with Gasteiger partial charge in [0.25, 0.3) is 0 Å². The summed E-state index contributed by atoms with van der Waals surface area (Å²) < 4.78 is 37.7. The zero-order chi connectivity index (χ0) is 17.6. The van der Waals surface area contributed by atoms with E-state index in [-0.39, 0.29) is 12.1 Å². The number of nitrogens with one attached hydrogen (secondary N) is 2. The number of aromatic nitrogens is 2. The number of hydrogen-bond donors (Lipinski definition) is 3. The van der Waals surface area contributed by atoms with Crippen LogP contribution in [0.4, 0.5) is 19.1 Å². The van der Waals surface area contributed by atoms with E-state index in [4.69, 9.17) is 0 Å². The Hall–Kier alpha value is -2.10. The average molecular weight is 346 g/mol. The molecule has 1 aliphatic heterocycles. The summed E-state index contributed by atoms with van der Waals surface area (Å²) in [5.41, 5.74) is -0.983. The first kappa shape index (κ1) is 18.2. The van der Waals surface area contributed by atoms with Gasteiger partial charge in [0.2, 0.25) is 5.95 Å². The van der Waals surface area contributed by atoms with Crippen LogP contribution in [0.5, 0.6) is 0 Å². The number of guanidine groups is 1. The number of β-amino-alcohol motifs (C(OH)–C–C–N with tert-alkyl or cyclic N) is 1. The zero-order valence-corrected chi connectivity index (χ0v) is 13.3. The molecule has 1 aromatic rings. The molecule has 0 radical (unpaired) electrons. The van der Waals surface area contributed by atoms with Crippen LogP contribution in [0, 0.1) is 0 Å². The molecule has 0 aliphatic carbocycles. The molecule has 1 aromatic heterocycles. The number of alkyl halides is 3. The molecule has 0 aromatic carbocycles. The summed E-state index contributed by atoms with van der Waals surface area (Å²) in [6.07, 6.45) is -3.09. The van der Waals surface area contributed by atoms with E-state index in [1.54, 1.807) is 0 Å². The van der Waals surface area contributed by atoms with Crippen molar-refractivity contribution in [1.29, 1.82) is 0 Å². The van der Waals surface area contributed by atoms with E-state index in [0.29, 0.717) is 38.6 Å². The molecule has 2 rings (SSSR count). The van der Waals surface area contributed by atoms with Crippen molar-refractivity contribution in [2.45, 2.75) is 25.6 Å². The summed E-state index contributed by atoms with van der Waals surface area (Å²) in [6.45, 7) is 4.51. The van der Waals surface area contributed by atoms with E-state index in [9.17, 15) is 18.3 Å². The van der Waals surface area contributed by atoms with E-state index in [2.05, 4.69) is 25.6 Å². The second kappa shape index (κ2) is 8.13. The summed E-state index contributed by atoms with van der Waals surface area (Å²) in [5.74, 6) is 0.599. The minimum absolute atomic E-state index is 0.0818. The highest BCUT2D eigenvalue weighted by Crippen LogP contribution is 2.27. The van der Waals surface area contributed by atoms with Gasteiger partial charge in [-0.05, 0) is 19.4 Å². The van der Waals surface area contributed by atoms with E-state index < -0.39 is 11.9 Å². The number of aliphatic hydroxyl groups is 1. The zero-order valence-electron chi connectivity index (χ0n) is 13.3. The summed E-state index contributed by atoms with van der Waals surface area (Å²) in [7, 11) is 0. The molecule has 10 heteroatoms. The highest BCUT2D eigenvalue weighted by molar-refractivity contribution is 5.80. The predicted octanol–water partition coefficient (Wildman–Crippen LogP) is 0.939. The Balaban J connectivity index is 1.88. The van der Waals surface area contributed by atoms with Crippen molar-refractivity contribution in [1.82, 2.24) is 20.2 Å². The molecule has 2 heterocycles. The highest BCUT2D eigenvalue weighted by Gasteiger charge is 2.32. The van der Waals surface area contributed by atoms with Gasteiger partial charge in [-0.2, -0.15) is 13.2 Å². The molecule has 3 N–H and O–H groups in total. The molecule has 0 unspecified atom stereocenters. The quantitative estimate of drug-likeness (QED) is 0.418. The molecule has 0 saturated carbocycles. The van der Waals surface area contributed by atoms with Gasteiger partial charge in [0.1, 0.15) is 5.69 Å². The van der Waals surface area contributed by atoms with Crippen molar-refractivity contribution in [3.8, 4) is 0 Å². The van der Waals surface area contributed by atoms with Crippen LogP contribution in [-0.2, 0) is 6.18 Å². The fourth-order valence-electron chi connectivity index (χ4n) is 2.29. The van der Waals surface area contributed by atoms with Crippen LogP contribution in [0.3, 0.4) is 0 Å². The average Bonchev–Trinajstić information content (AvgIpc) is 2.96. The molecule has 24 heavy (non-hydrogen) atoms. The molecule has 0 spiro atoms. The van der Waals surface area contributed by atoms with Gasteiger partial charge in [0, 0.05) is 32.4 Å². The number of nitrogens with zero attached hydrogens (tertiary/aromatic N) is 4. The fourth-order valence-corrected chi connectivity index (χ4v) is 2.29. The summed E-state index contributed by atoms with van der Waals surface area (Å²) in [5, 5.41) is 15.4. The molecule has 1 atom stereocenters. The van der Waals surface area contributed by atoms with Gasteiger partial charge >= 0.3 is 6.18 Å². The van der Waals surface area contributed by atoms with Gasteiger partial charge in [-0.15, -0.1) is 0 Å². The van der Waals surface area contributed by atoms with Gasteiger partial charge in [0.05, 0.1) is 12.6 Å². The number of rotatable bonds is 5. The van der Waals surface area contributed by atoms with E-state index in [1.807, 2.05) is 11.8 Å². The number of aliphatic hydroxyl groups excluding tert-OH is 1. The molecule has 0 amide bonds. The second-order valence-corrected chi connectivity index (χ2v) is 5.31. The molecule has 1 fully saturated rings. The van der Waals surface area contributed by atoms with Gasteiger partial charge in [-0.1, -0.05) is 0 Å². The molecule has 0 bridgehead atoms. The number of hydrogen-bond acceptors (Lipinski definition) is 5. The number of likely N-dealkylation sites (tertiary alicyclic amines) is 1. The first-order chi connectivity index (χ1) is 11.4. The van der Waals surface area contributed by atoms with Crippen LogP contribution < -0.4 is 10.6 Å². The molecule has 1 saturated heterocycles.